The zero-order valence-electron chi connectivity index (χ0n) is 14.7. The van der Waals surface area contributed by atoms with Crippen LogP contribution in [0, 0.1) is 5.92 Å². The van der Waals surface area contributed by atoms with Gasteiger partial charge in [-0.25, -0.2) is 22.9 Å². The van der Waals surface area contributed by atoms with Gasteiger partial charge in [0.25, 0.3) is 0 Å². The van der Waals surface area contributed by atoms with Crippen molar-refractivity contribution in [1.29, 1.82) is 0 Å². The minimum Gasteiger partial charge on any atom is -0.335 e. The maximum absolute atomic E-state index is 12.7. The van der Waals surface area contributed by atoms with Gasteiger partial charge < -0.3 is 4.57 Å². The topological polar surface area (TPSA) is 90.9 Å². The third-order valence-corrected chi connectivity index (χ3v) is 6.57. The van der Waals surface area contributed by atoms with Crippen molar-refractivity contribution >= 4 is 21.1 Å². The highest BCUT2D eigenvalue weighted by molar-refractivity contribution is 7.89. The molecular weight excluding hydrogens is 354 g/mol. The Labute approximate surface area is 151 Å². The van der Waals surface area contributed by atoms with E-state index < -0.39 is 10.0 Å². The lowest BCUT2D eigenvalue weighted by atomic mass is 10.00. The molecular formula is C17H21N5O3S. The van der Waals surface area contributed by atoms with E-state index in [0.29, 0.717) is 17.6 Å². The van der Waals surface area contributed by atoms with Crippen molar-refractivity contribution in [1.82, 2.24) is 23.4 Å². The molecule has 2 aromatic heterocycles. The zero-order chi connectivity index (χ0) is 18.5. The summed E-state index contributed by atoms with van der Waals surface area (Å²) >= 11 is 0. The summed E-state index contributed by atoms with van der Waals surface area (Å²) in [5.74, 6) is 1.29. The summed E-state index contributed by atoms with van der Waals surface area (Å²) in [6.45, 7) is 1.15. The number of fused-ring (bicyclic) bond motifs is 2. The molecule has 1 aliphatic heterocycles. The van der Waals surface area contributed by atoms with Crippen LogP contribution in [-0.2, 0) is 37.1 Å². The molecule has 3 heterocycles. The Kier molecular flexibility index (Phi) is 4.00. The first-order valence-electron chi connectivity index (χ1n) is 8.52. The fraction of sp³-hybridized carbons (Fsp3) is 0.412. The molecule has 0 spiro atoms. The summed E-state index contributed by atoms with van der Waals surface area (Å²) < 4.78 is 33.1. The molecule has 0 fully saturated rings. The number of nitrogens with one attached hydrogen (secondary N) is 1. The summed E-state index contributed by atoms with van der Waals surface area (Å²) in [6.07, 6.45) is 5.48. The van der Waals surface area contributed by atoms with E-state index in [-0.39, 0.29) is 16.5 Å². The Morgan fingerprint density at radius 1 is 1.23 bits per heavy atom. The van der Waals surface area contributed by atoms with E-state index in [2.05, 4.69) is 14.3 Å². The first-order chi connectivity index (χ1) is 12.4. The van der Waals surface area contributed by atoms with Crippen molar-refractivity contribution in [3.8, 4) is 0 Å². The molecule has 0 saturated carbocycles. The van der Waals surface area contributed by atoms with E-state index in [4.69, 9.17) is 0 Å². The van der Waals surface area contributed by atoms with Gasteiger partial charge in [-0.05, 0) is 30.5 Å². The van der Waals surface area contributed by atoms with E-state index in [1.165, 1.54) is 9.13 Å². The van der Waals surface area contributed by atoms with Crippen molar-refractivity contribution in [2.45, 2.75) is 24.3 Å². The number of hydrogen-bond donors (Lipinski definition) is 1. The van der Waals surface area contributed by atoms with Crippen LogP contribution in [0.15, 0.2) is 40.3 Å². The minimum atomic E-state index is -3.63. The molecule has 0 unspecified atom stereocenters. The van der Waals surface area contributed by atoms with Gasteiger partial charge in [-0.2, -0.15) is 0 Å². The number of benzene rings is 1. The molecule has 0 aliphatic carbocycles. The highest BCUT2D eigenvalue weighted by Gasteiger charge is 2.22. The second kappa shape index (κ2) is 6.10. The van der Waals surface area contributed by atoms with Crippen LogP contribution in [0.25, 0.3) is 11.0 Å². The molecule has 0 amide bonds. The Morgan fingerprint density at radius 3 is 2.81 bits per heavy atom. The highest BCUT2D eigenvalue weighted by Crippen LogP contribution is 2.20. The number of aromatic nitrogens is 4. The lowest BCUT2D eigenvalue weighted by Gasteiger charge is -2.23. The summed E-state index contributed by atoms with van der Waals surface area (Å²) in [7, 11) is -0.326. The lowest BCUT2D eigenvalue weighted by molar-refractivity contribution is 0.363. The summed E-state index contributed by atoms with van der Waals surface area (Å²) in [5.41, 5.74) is 1.12. The van der Waals surface area contributed by atoms with Gasteiger partial charge in [0, 0.05) is 46.0 Å². The number of sulfonamides is 1. The molecule has 3 aromatic rings. The average molecular weight is 375 g/mol. The average Bonchev–Trinajstić information content (AvgIpc) is 3.19. The van der Waals surface area contributed by atoms with Crippen molar-refractivity contribution in [3.63, 3.8) is 0 Å². The smallest absolute Gasteiger partial charge is 0.328 e. The van der Waals surface area contributed by atoms with E-state index in [1.54, 1.807) is 38.5 Å². The van der Waals surface area contributed by atoms with Gasteiger partial charge in [0.15, 0.2) is 0 Å². The van der Waals surface area contributed by atoms with Crippen molar-refractivity contribution in [2.75, 3.05) is 6.54 Å². The van der Waals surface area contributed by atoms with Crippen LogP contribution in [0.3, 0.4) is 0 Å². The van der Waals surface area contributed by atoms with Gasteiger partial charge >= 0.3 is 5.69 Å². The van der Waals surface area contributed by atoms with Crippen LogP contribution in [0.2, 0.25) is 0 Å². The number of nitrogens with zero attached hydrogens (tertiary/aromatic N) is 4. The van der Waals surface area contributed by atoms with Crippen LogP contribution in [0.4, 0.5) is 0 Å². The first-order valence-corrected chi connectivity index (χ1v) is 10.0. The fourth-order valence-electron chi connectivity index (χ4n) is 3.57. The predicted octanol–water partition coefficient (Wildman–Crippen LogP) is 0.614. The van der Waals surface area contributed by atoms with Gasteiger partial charge in [0.1, 0.15) is 5.82 Å². The molecule has 4 rings (SSSR count). The quantitative estimate of drug-likeness (QED) is 0.724. The summed E-state index contributed by atoms with van der Waals surface area (Å²) in [6, 6.07) is 4.76. The van der Waals surface area contributed by atoms with Crippen molar-refractivity contribution < 1.29 is 8.42 Å². The van der Waals surface area contributed by atoms with Crippen LogP contribution in [0.1, 0.15) is 12.2 Å². The van der Waals surface area contributed by atoms with Gasteiger partial charge in [-0.15, -0.1) is 0 Å². The first kappa shape index (κ1) is 17.0. The Bertz CT molecular complexity index is 1140. The SMILES string of the molecule is Cn1c(=O)n(C)c2cc(S(=O)(=O)NC[C@@H]3CCc4nccn4C3)ccc21. The molecule has 138 valence electrons. The maximum Gasteiger partial charge on any atom is 0.328 e. The van der Waals surface area contributed by atoms with Gasteiger partial charge in [0.05, 0.1) is 15.9 Å². The molecule has 0 bridgehead atoms. The number of hydrogen-bond acceptors (Lipinski definition) is 4. The molecule has 0 saturated heterocycles. The third-order valence-electron chi connectivity index (χ3n) is 5.15. The van der Waals surface area contributed by atoms with E-state index in [0.717, 1.165) is 25.2 Å². The molecule has 1 N–H and O–H groups in total. The normalized spacial score (nSPS) is 17.5. The van der Waals surface area contributed by atoms with Crippen LogP contribution >= 0.6 is 0 Å². The van der Waals surface area contributed by atoms with E-state index in [9.17, 15) is 13.2 Å². The van der Waals surface area contributed by atoms with E-state index in [1.807, 2.05) is 6.20 Å². The number of imidazole rings is 2. The number of aryl methyl sites for hydroxylation is 3. The van der Waals surface area contributed by atoms with Crippen LogP contribution in [0.5, 0.6) is 0 Å². The van der Waals surface area contributed by atoms with Gasteiger partial charge in [0.2, 0.25) is 10.0 Å². The molecule has 1 atom stereocenters. The largest absolute Gasteiger partial charge is 0.335 e. The summed E-state index contributed by atoms with van der Waals surface area (Å²) in [5, 5.41) is 0. The Hall–Kier alpha value is -2.39. The number of rotatable bonds is 4. The second-order valence-electron chi connectivity index (χ2n) is 6.80. The van der Waals surface area contributed by atoms with Crippen LogP contribution < -0.4 is 10.4 Å². The lowest BCUT2D eigenvalue weighted by Crippen LogP contribution is -2.33. The van der Waals surface area contributed by atoms with Gasteiger partial charge in [-0.1, -0.05) is 0 Å². The molecule has 0 radical (unpaired) electrons. The van der Waals surface area contributed by atoms with Crippen LogP contribution in [-0.4, -0.2) is 33.6 Å². The van der Waals surface area contributed by atoms with Crippen molar-refractivity contribution in [3.05, 3.63) is 46.9 Å². The summed E-state index contributed by atoms with van der Waals surface area (Å²) in [4.78, 5) is 16.5. The van der Waals surface area contributed by atoms with Crippen molar-refractivity contribution in [2.24, 2.45) is 20.0 Å². The third kappa shape index (κ3) is 2.77. The molecule has 8 nitrogen and oxygen atoms in total. The standard InChI is InChI=1S/C17H21N5O3S/c1-20-14-5-4-13(9-15(14)21(2)17(20)23)26(24,25)19-10-12-3-6-16-18-7-8-22(16)11-12/h4-5,7-9,12,19H,3,6,10-11H2,1-2H3/t12-/m0/s1. The van der Waals surface area contributed by atoms with E-state index >= 15 is 0 Å². The molecule has 1 aliphatic rings. The fourth-order valence-corrected chi connectivity index (χ4v) is 4.70. The Balaban J connectivity index is 1.54. The Morgan fingerprint density at radius 2 is 2.00 bits per heavy atom. The monoisotopic (exact) mass is 375 g/mol. The molecule has 9 heteroatoms. The predicted molar refractivity (Wildman–Crippen MR) is 97.4 cm³/mol. The molecule has 26 heavy (non-hydrogen) atoms. The zero-order valence-corrected chi connectivity index (χ0v) is 15.5. The maximum atomic E-state index is 12.7. The highest BCUT2D eigenvalue weighted by atomic mass is 32.2. The second-order valence-corrected chi connectivity index (χ2v) is 8.57. The molecule has 1 aromatic carbocycles. The minimum absolute atomic E-state index is 0.172. The van der Waals surface area contributed by atoms with Gasteiger partial charge in [-0.3, -0.25) is 9.13 Å².